The molecule has 3 aromatic rings. The van der Waals surface area contributed by atoms with Crippen LogP contribution in [0.5, 0.6) is 0 Å². The number of nitro groups is 1. The van der Waals surface area contributed by atoms with E-state index in [-0.39, 0.29) is 22.3 Å². The normalized spacial score (nSPS) is 11.7. The van der Waals surface area contributed by atoms with Gasteiger partial charge in [0.1, 0.15) is 0 Å². The minimum absolute atomic E-state index is 0.0489. The molecule has 3 rings (SSSR count). The molecule has 1 N–H and O–H groups in total. The molecule has 148 valence electrons. The molecule has 0 radical (unpaired) electrons. The van der Waals surface area contributed by atoms with Crippen molar-refractivity contribution in [3.8, 4) is 0 Å². The molecule has 3 aromatic carbocycles. The molecular formula is C21H17ClN2O5. The number of nitrogens with zero attached hydrogens (tertiary/aromatic N) is 1. The number of rotatable bonds is 6. The Morgan fingerprint density at radius 1 is 1.14 bits per heavy atom. The van der Waals surface area contributed by atoms with E-state index in [2.05, 4.69) is 5.32 Å². The molecule has 29 heavy (non-hydrogen) atoms. The van der Waals surface area contributed by atoms with Crippen molar-refractivity contribution in [1.82, 2.24) is 5.32 Å². The van der Waals surface area contributed by atoms with Gasteiger partial charge in [-0.15, -0.1) is 0 Å². The van der Waals surface area contributed by atoms with Crippen LogP contribution in [0.25, 0.3) is 10.8 Å². The highest BCUT2D eigenvalue weighted by Crippen LogP contribution is 2.25. The van der Waals surface area contributed by atoms with Crippen LogP contribution in [0.2, 0.25) is 5.02 Å². The van der Waals surface area contributed by atoms with Crippen molar-refractivity contribution in [1.29, 1.82) is 0 Å². The molecule has 1 amide bonds. The number of non-ortho nitro benzene ring substituents is 1. The number of nitrogens with one attached hydrogen (secondary N) is 1. The molecule has 0 fully saturated rings. The summed E-state index contributed by atoms with van der Waals surface area (Å²) in [6.07, 6.45) is 0. The second-order valence-electron chi connectivity index (χ2n) is 6.35. The lowest BCUT2D eigenvalue weighted by Gasteiger charge is -2.16. The second kappa shape index (κ2) is 8.70. The summed E-state index contributed by atoms with van der Waals surface area (Å²) < 4.78 is 4.99. The molecule has 0 unspecified atom stereocenters. The molecule has 0 heterocycles. The zero-order chi connectivity index (χ0) is 21.0. The van der Waals surface area contributed by atoms with Crippen molar-refractivity contribution in [2.45, 2.75) is 13.0 Å². The van der Waals surface area contributed by atoms with Crippen molar-refractivity contribution in [3.63, 3.8) is 0 Å². The predicted octanol–water partition coefficient (Wildman–Crippen LogP) is 4.44. The first-order valence-electron chi connectivity index (χ1n) is 8.75. The van der Waals surface area contributed by atoms with E-state index in [1.54, 1.807) is 0 Å². The Morgan fingerprint density at radius 3 is 2.59 bits per heavy atom. The van der Waals surface area contributed by atoms with Gasteiger partial charge in [-0.1, -0.05) is 54.1 Å². The Labute approximate surface area is 171 Å². The number of amides is 1. The smallest absolute Gasteiger partial charge is 0.340 e. The fraction of sp³-hybridized carbons (Fsp3) is 0.143. The van der Waals surface area contributed by atoms with E-state index in [9.17, 15) is 19.7 Å². The molecule has 0 saturated carbocycles. The number of carbonyl (C=O) groups excluding carboxylic acids is 2. The number of benzene rings is 3. The van der Waals surface area contributed by atoms with E-state index in [1.807, 2.05) is 49.4 Å². The molecule has 0 aliphatic rings. The van der Waals surface area contributed by atoms with Gasteiger partial charge in [-0.2, -0.15) is 0 Å². The number of hydrogen-bond donors (Lipinski definition) is 1. The van der Waals surface area contributed by atoms with Crippen LogP contribution >= 0.6 is 11.6 Å². The Morgan fingerprint density at radius 2 is 1.86 bits per heavy atom. The minimum Gasteiger partial charge on any atom is -0.452 e. The number of esters is 1. The maximum absolute atomic E-state index is 12.2. The lowest BCUT2D eigenvalue weighted by molar-refractivity contribution is -0.384. The molecule has 0 bridgehead atoms. The molecule has 8 heteroatoms. The SMILES string of the molecule is C[C@@H](NC(=O)COC(=O)c1ccc([N+](=O)[O-])cc1Cl)c1cccc2ccccc12. The van der Waals surface area contributed by atoms with E-state index in [4.69, 9.17) is 16.3 Å². The Hall–Kier alpha value is -3.45. The van der Waals surface area contributed by atoms with Crippen molar-refractivity contribution in [2.75, 3.05) is 6.61 Å². The number of halogens is 1. The first-order valence-corrected chi connectivity index (χ1v) is 9.12. The van der Waals surface area contributed by atoms with Crippen LogP contribution in [0.1, 0.15) is 28.9 Å². The van der Waals surface area contributed by atoms with Crippen molar-refractivity contribution in [3.05, 3.63) is 86.9 Å². The van der Waals surface area contributed by atoms with E-state index >= 15 is 0 Å². The Balaban J connectivity index is 1.62. The predicted molar refractivity (Wildman–Crippen MR) is 109 cm³/mol. The van der Waals surface area contributed by atoms with Gasteiger partial charge < -0.3 is 10.1 Å². The number of carbonyl (C=O) groups is 2. The van der Waals surface area contributed by atoms with Crippen molar-refractivity contribution >= 4 is 39.9 Å². The van der Waals surface area contributed by atoms with Gasteiger partial charge in [-0.05, 0) is 29.3 Å². The molecule has 0 spiro atoms. The summed E-state index contributed by atoms with van der Waals surface area (Å²) in [6.45, 7) is 1.34. The van der Waals surface area contributed by atoms with E-state index in [0.717, 1.165) is 28.5 Å². The average molecular weight is 413 g/mol. The van der Waals surface area contributed by atoms with Crippen LogP contribution in [0.4, 0.5) is 5.69 Å². The number of hydrogen-bond acceptors (Lipinski definition) is 5. The zero-order valence-corrected chi connectivity index (χ0v) is 16.2. The summed E-state index contributed by atoms with van der Waals surface area (Å²) in [5.74, 6) is -1.31. The van der Waals surface area contributed by atoms with Gasteiger partial charge >= 0.3 is 5.97 Å². The van der Waals surface area contributed by atoms with Crippen LogP contribution in [-0.4, -0.2) is 23.4 Å². The topological polar surface area (TPSA) is 98.5 Å². The minimum atomic E-state index is -0.835. The fourth-order valence-corrected chi connectivity index (χ4v) is 3.23. The van der Waals surface area contributed by atoms with Crippen LogP contribution in [0, 0.1) is 10.1 Å². The average Bonchev–Trinajstić information content (AvgIpc) is 2.71. The van der Waals surface area contributed by atoms with Crippen molar-refractivity contribution in [2.24, 2.45) is 0 Å². The molecular weight excluding hydrogens is 396 g/mol. The Kier molecular flexibility index (Phi) is 6.09. The molecule has 0 aliphatic heterocycles. The first-order chi connectivity index (χ1) is 13.9. The highest BCUT2D eigenvalue weighted by atomic mass is 35.5. The quantitative estimate of drug-likeness (QED) is 0.366. The maximum atomic E-state index is 12.2. The van der Waals surface area contributed by atoms with Gasteiger partial charge in [0, 0.05) is 12.1 Å². The van der Waals surface area contributed by atoms with E-state index in [1.165, 1.54) is 6.07 Å². The van der Waals surface area contributed by atoms with E-state index < -0.39 is 23.4 Å². The van der Waals surface area contributed by atoms with Crippen LogP contribution in [0.15, 0.2) is 60.7 Å². The molecule has 0 aromatic heterocycles. The third-order valence-electron chi connectivity index (χ3n) is 4.39. The third kappa shape index (κ3) is 4.70. The van der Waals surface area contributed by atoms with Crippen LogP contribution < -0.4 is 5.32 Å². The van der Waals surface area contributed by atoms with Gasteiger partial charge in [0.15, 0.2) is 6.61 Å². The summed E-state index contributed by atoms with van der Waals surface area (Å²) in [4.78, 5) is 34.4. The monoisotopic (exact) mass is 412 g/mol. The maximum Gasteiger partial charge on any atom is 0.340 e. The molecule has 0 aliphatic carbocycles. The summed E-state index contributed by atoms with van der Waals surface area (Å²) in [6, 6.07) is 16.8. The Bertz CT molecular complexity index is 1090. The molecule has 1 atom stereocenters. The lowest BCUT2D eigenvalue weighted by Crippen LogP contribution is -2.31. The van der Waals surface area contributed by atoms with E-state index in [0.29, 0.717) is 0 Å². The van der Waals surface area contributed by atoms with Crippen molar-refractivity contribution < 1.29 is 19.2 Å². The zero-order valence-electron chi connectivity index (χ0n) is 15.4. The second-order valence-corrected chi connectivity index (χ2v) is 6.76. The number of nitro benzene ring substituents is 1. The van der Waals surface area contributed by atoms with Gasteiger partial charge in [0.2, 0.25) is 0 Å². The standard InChI is InChI=1S/C21H17ClN2O5/c1-13(16-8-4-6-14-5-2-3-7-17(14)16)23-20(25)12-29-21(26)18-10-9-15(24(27)28)11-19(18)22/h2-11,13H,12H2,1H3,(H,23,25)/t13-/m1/s1. The molecule has 0 saturated heterocycles. The lowest BCUT2D eigenvalue weighted by atomic mass is 10.00. The van der Waals surface area contributed by atoms with Crippen LogP contribution in [0.3, 0.4) is 0 Å². The molecule has 7 nitrogen and oxygen atoms in total. The highest BCUT2D eigenvalue weighted by molar-refractivity contribution is 6.33. The summed E-state index contributed by atoms with van der Waals surface area (Å²) in [5, 5.41) is 15.5. The van der Waals surface area contributed by atoms with Gasteiger partial charge in [-0.3, -0.25) is 14.9 Å². The van der Waals surface area contributed by atoms with Crippen LogP contribution in [-0.2, 0) is 9.53 Å². The van der Waals surface area contributed by atoms with Gasteiger partial charge in [0.05, 0.1) is 21.6 Å². The highest BCUT2D eigenvalue weighted by Gasteiger charge is 2.18. The summed E-state index contributed by atoms with van der Waals surface area (Å²) in [7, 11) is 0. The van der Waals surface area contributed by atoms with Gasteiger partial charge in [0.25, 0.3) is 11.6 Å². The number of fused-ring (bicyclic) bond motifs is 1. The summed E-state index contributed by atoms with van der Waals surface area (Å²) in [5.41, 5.74) is 0.654. The third-order valence-corrected chi connectivity index (χ3v) is 4.70. The van der Waals surface area contributed by atoms with Gasteiger partial charge in [-0.25, -0.2) is 4.79 Å². The fourth-order valence-electron chi connectivity index (χ4n) is 2.98. The largest absolute Gasteiger partial charge is 0.452 e. The number of ether oxygens (including phenoxy) is 1. The summed E-state index contributed by atoms with van der Waals surface area (Å²) >= 11 is 5.90. The first kappa shape index (κ1) is 20.3.